The molecule has 1 aromatic heterocycles. The van der Waals surface area contributed by atoms with Crippen LogP contribution in [0.5, 0.6) is 0 Å². The summed E-state index contributed by atoms with van der Waals surface area (Å²) in [5.74, 6) is 1.11. The van der Waals surface area contributed by atoms with Gasteiger partial charge in [-0.2, -0.15) is 0 Å². The quantitative estimate of drug-likeness (QED) is 0.867. The molecule has 2 bridgehead atoms. The number of nitrogens with zero attached hydrogens (tertiary/aromatic N) is 1. The molecule has 2 aliphatic heterocycles. The summed E-state index contributed by atoms with van der Waals surface area (Å²) in [4.78, 5) is 2.66. The van der Waals surface area contributed by atoms with E-state index >= 15 is 0 Å². The summed E-state index contributed by atoms with van der Waals surface area (Å²) >= 11 is 0. The Hall–Kier alpha value is -0.800. The summed E-state index contributed by atoms with van der Waals surface area (Å²) in [5.41, 5.74) is 0. The zero-order valence-electron chi connectivity index (χ0n) is 10.6. The smallest absolute Gasteiger partial charge is 0.117 e. The van der Waals surface area contributed by atoms with Gasteiger partial charge in [-0.25, -0.2) is 0 Å². The average Bonchev–Trinajstić information content (AvgIpc) is 2.89. The van der Waals surface area contributed by atoms with Crippen LogP contribution in [0.3, 0.4) is 0 Å². The Bertz CT molecular complexity index is 335. The summed E-state index contributed by atoms with van der Waals surface area (Å²) in [6.07, 6.45) is 7.14. The number of rotatable bonds is 4. The molecule has 0 aliphatic carbocycles. The molecular weight excluding hydrogens is 212 g/mol. The molecule has 3 rings (SSSR count). The van der Waals surface area contributed by atoms with E-state index in [4.69, 9.17) is 4.42 Å². The highest BCUT2D eigenvalue weighted by Crippen LogP contribution is 2.36. The molecule has 1 N–H and O–H groups in total. The minimum atomic E-state index is 0.741. The van der Waals surface area contributed by atoms with Crippen molar-refractivity contribution >= 4 is 0 Å². The number of fused-ring (bicyclic) bond motifs is 2. The van der Waals surface area contributed by atoms with Crippen molar-refractivity contribution in [2.75, 3.05) is 6.54 Å². The summed E-state index contributed by atoms with van der Waals surface area (Å²) in [6, 6.07) is 6.36. The summed E-state index contributed by atoms with van der Waals surface area (Å²) in [7, 11) is 0. The van der Waals surface area contributed by atoms with Gasteiger partial charge in [-0.15, -0.1) is 0 Å². The first-order valence-corrected chi connectivity index (χ1v) is 6.88. The topological polar surface area (TPSA) is 28.4 Å². The summed E-state index contributed by atoms with van der Waals surface area (Å²) in [5, 5.41) is 3.61. The lowest BCUT2D eigenvalue weighted by Gasteiger charge is -2.38. The van der Waals surface area contributed by atoms with Crippen LogP contribution in [0, 0.1) is 0 Å². The molecule has 3 heteroatoms. The normalized spacial score (nSPS) is 33.1. The van der Waals surface area contributed by atoms with E-state index in [1.165, 1.54) is 25.7 Å². The van der Waals surface area contributed by atoms with Crippen LogP contribution in [0.4, 0.5) is 0 Å². The monoisotopic (exact) mass is 234 g/mol. The predicted octanol–water partition coefficient (Wildman–Crippen LogP) is 2.38. The van der Waals surface area contributed by atoms with E-state index in [1.54, 1.807) is 6.26 Å². The van der Waals surface area contributed by atoms with Gasteiger partial charge in [-0.1, -0.05) is 6.92 Å². The molecule has 0 radical (unpaired) electrons. The lowest BCUT2D eigenvalue weighted by molar-refractivity contribution is 0.102. The van der Waals surface area contributed by atoms with E-state index in [2.05, 4.69) is 23.2 Å². The highest BCUT2D eigenvalue weighted by Gasteiger charge is 2.40. The maximum Gasteiger partial charge on any atom is 0.117 e. The second-order valence-electron chi connectivity index (χ2n) is 5.36. The van der Waals surface area contributed by atoms with Gasteiger partial charge in [-0.3, -0.25) is 4.90 Å². The molecule has 0 spiro atoms. The minimum absolute atomic E-state index is 0.741. The Morgan fingerprint density at radius 1 is 1.35 bits per heavy atom. The lowest BCUT2D eigenvalue weighted by Crippen LogP contribution is -2.48. The van der Waals surface area contributed by atoms with Crippen LogP contribution >= 0.6 is 0 Å². The van der Waals surface area contributed by atoms with Crippen molar-refractivity contribution in [1.29, 1.82) is 0 Å². The molecule has 2 unspecified atom stereocenters. The Balaban J connectivity index is 1.64. The Kier molecular flexibility index (Phi) is 3.21. The summed E-state index contributed by atoms with van der Waals surface area (Å²) < 4.78 is 5.48. The zero-order chi connectivity index (χ0) is 11.7. The number of nitrogens with one attached hydrogen (secondary N) is 1. The maximum absolute atomic E-state index is 5.48. The van der Waals surface area contributed by atoms with Crippen molar-refractivity contribution in [3.05, 3.63) is 24.2 Å². The average molecular weight is 234 g/mol. The third-order valence-electron chi connectivity index (χ3n) is 4.30. The van der Waals surface area contributed by atoms with Gasteiger partial charge in [0.15, 0.2) is 0 Å². The molecule has 0 amide bonds. The van der Waals surface area contributed by atoms with Crippen molar-refractivity contribution in [2.45, 2.75) is 57.3 Å². The van der Waals surface area contributed by atoms with Gasteiger partial charge in [0.05, 0.1) is 12.8 Å². The molecule has 3 heterocycles. The van der Waals surface area contributed by atoms with Crippen molar-refractivity contribution in [3.8, 4) is 0 Å². The van der Waals surface area contributed by atoms with Gasteiger partial charge >= 0.3 is 0 Å². The third kappa shape index (κ3) is 2.26. The van der Waals surface area contributed by atoms with Crippen LogP contribution in [0.15, 0.2) is 22.8 Å². The van der Waals surface area contributed by atoms with Crippen LogP contribution in [0.25, 0.3) is 0 Å². The molecule has 0 saturated carbocycles. The summed E-state index contributed by atoms with van der Waals surface area (Å²) in [6.45, 7) is 4.31. The lowest BCUT2D eigenvalue weighted by atomic mass is 9.97. The molecule has 2 atom stereocenters. The van der Waals surface area contributed by atoms with E-state index in [1.807, 2.05) is 6.07 Å². The maximum atomic E-state index is 5.48. The number of furan rings is 1. The highest BCUT2D eigenvalue weighted by molar-refractivity contribution is 5.03. The molecule has 2 fully saturated rings. The molecule has 2 aliphatic rings. The molecule has 94 valence electrons. The Labute approximate surface area is 103 Å². The first-order valence-electron chi connectivity index (χ1n) is 6.88. The van der Waals surface area contributed by atoms with E-state index in [9.17, 15) is 0 Å². The van der Waals surface area contributed by atoms with Crippen LogP contribution < -0.4 is 5.32 Å². The second kappa shape index (κ2) is 4.83. The van der Waals surface area contributed by atoms with Gasteiger partial charge in [0.25, 0.3) is 0 Å². The predicted molar refractivity (Wildman–Crippen MR) is 67.8 cm³/mol. The van der Waals surface area contributed by atoms with Gasteiger partial charge in [0.1, 0.15) is 5.76 Å². The fourth-order valence-corrected chi connectivity index (χ4v) is 3.57. The fraction of sp³-hybridized carbons (Fsp3) is 0.714. The zero-order valence-corrected chi connectivity index (χ0v) is 10.6. The van der Waals surface area contributed by atoms with Gasteiger partial charge in [0.2, 0.25) is 0 Å². The SMILES string of the molecule is CCNC1CC2CCC(C1)N2Cc1ccco1. The third-order valence-corrected chi connectivity index (χ3v) is 4.30. The van der Waals surface area contributed by atoms with Crippen LogP contribution in [-0.2, 0) is 6.54 Å². The highest BCUT2D eigenvalue weighted by atomic mass is 16.3. The van der Waals surface area contributed by atoms with Gasteiger partial charge < -0.3 is 9.73 Å². The molecule has 1 aromatic rings. The number of hydrogen-bond donors (Lipinski definition) is 1. The molecule has 3 nitrogen and oxygen atoms in total. The van der Waals surface area contributed by atoms with Crippen molar-refractivity contribution in [1.82, 2.24) is 10.2 Å². The molecule has 0 aromatic carbocycles. The van der Waals surface area contributed by atoms with Crippen LogP contribution in [-0.4, -0.2) is 29.6 Å². The largest absolute Gasteiger partial charge is 0.468 e. The van der Waals surface area contributed by atoms with Crippen LogP contribution in [0.2, 0.25) is 0 Å². The number of hydrogen-bond acceptors (Lipinski definition) is 3. The first-order chi connectivity index (χ1) is 8.36. The Morgan fingerprint density at radius 2 is 2.12 bits per heavy atom. The van der Waals surface area contributed by atoms with E-state index in [-0.39, 0.29) is 0 Å². The van der Waals surface area contributed by atoms with E-state index in [0.717, 1.165) is 37.0 Å². The van der Waals surface area contributed by atoms with Crippen LogP contribution in [0.1, 0.15) is 38.4 Å². The van der Waals surface area contributed by atoms with E-state index < -0.39 is 0 Å². The van der Waals surface area contributed by atoms with Gasteiger partial charge in [0, 0.05) is 18.1 Å². The first kappa shape index (κ1) is 11.3. The molecular formula is C14H22N2O. The van der Waals surface area contributed by atoms with Crippen molar-refractivity contribution in [3.63, 3.8) is 0 Å². The molecule has 2 saturated heterocycles. The standard InChI is InChI=1S/C14H22N2O/c1-2-15-11-8-12-5-6-13(9-11)16(12)10-14-4-3-7-17-14/h3-4,7,11-13,15H,2,5-6,8-10H2,1H3. The Morgan fingerprint density at radius 3 is 2.71 bits per heavy atom. The molecule has 17 heavy (non-hydrogen) atoms. The van der Waals surface area contributed by atoms with Crippen molar-refractivity contribution < 1.29 is 4.42 Å². The number of piperidine rings is 1. The van der Waals surface area contributed by atoms with Crippen molar-refractivity contribution in [2.24, 2.45) is 0 Å². The fourth-order valence-electron chi connectivity index (χ4n) is 3.57. The van der Waals surface area contributed by atoms with Gasteiger partial charge in [-0.05, 0) is 44.4 Å². The second-order valence-corrected chi connectivity index (χ2v) is 5.36. The van der Waals surface area contributed by atoms with E-state index in [0.29, 0.717) is 0 Å². The minimum Gasteiger partial charge on any atom is -0.468 e.